The standard InChI is InChI=1S/C38H27N3O/c39-38(40-24-25-9-2-1-3-10-25)28-12-8-11-27(23-28)26-17-19-29(20-18-26)41-34-15-6-4-13-30(34)32-21-22-33-31-14-5-7-16-35(31)42-37(33)36(32)41/h1-23H,24H2,(H2,39,40). The highest BCUT2D eigenvalue weighted by atomic mass is 16.3. The molecular formula is C38H27N3O. The van der Waals surface area contributed by atoms with E-state index >= 15 is 0 Å². The minimum absolute atomic E-state index is 0.539. The molecule has 8 aromatic rings. The van der Waals surface area contributed by atoms with Crippen molar-refractivity contribution in [1.82, 2.24) is 4.57 Å². The highest BCUT2D eigenvalue weighted by molar-refractivity contribution is 6.21. The highest BCUT2D eigenvalue weighted by Crippen LogP contribution is 2.40. The lowest BCUT2D eigenvalue weighted by molar-refractivity contribution is 0.671. The number of hydrogen-bond acceptors (Lipinski definition) is 2. The number of aromatic nitrogens is 1. The van der Waals surface area contributed by atoms with Gasteiger partial charge in [0.15, 0.2) is 5.58 Å². The summed E-state index contributed by atoms with van der Waals surface area (Å²) in [5.74, 6) is 0.539. The lowest BCUT2D eigenvalue weighted by Crippen LogP contribution is -2.13. The Morgan fingerprint density at radius 2 is 1.36 bits per heavy atom. The van der Waals surface area contributed by atoms with Crippen molar-refractivity contribution in [2.75, 3.05) is 0 Å². The van der Waals surface area contributed by atoms with E-state index in [-0.39, 0.29) is 0 Å². The summed E-state index contributed by atoms with van der Waals surface area (Å²) in [6.45, 7) is 0.558. The maximum atomic E-state index is 6.49. The van der Waals surface area contributed by atoms with Gasteiger partial charge in [-0.05, 0) is 53.1 Å². The number of fused-ring (bicyclic) bond motifs is 7. The second-order valence-electron chi connectivity index (χ2n) is 10.6. The number of hydrogen-bond donors (Lipinski definition) is 1. The molecule has 200 valence electrons. The van der Waals surface area contributed by atoms with E-state index in [2.05, 4.69) is 107 Å². The number of amidine groups is 1. The molecule has 0 atom stereocenters. The predicted octanol–water partition coefficient (Wildman–Crippen LogP) is 9.26. The van der Waals surface area contributed by atoms with Crippen molar-refractivity contribution in [2.45, 2.75) is 6.54 Å². The van der Waals surface area contributed by atoms with Crippen LogP contribution < -0.4 is 5.73 Å². The third-order valence-electron chi connectivity index (χ3n) is 8.07. The largest absolute Gasteiger partial charge is 0.454 e. The van der Waals surface area contributed by atoms with Gasteiger partial charge in [-0.15, -0.1) is 0 Å². The molecule has 0 saturated carbocycles. The summed E-state index contributed by atoms with van der Waals surface area (Å²) in [6, 6.07) is 48.4. The molecule has 8 rings (SSSR count). The van der Waals surface area contributed by atoms with Crippen LogP contribution in [0.3, 0.4) is 0 Å². The van der Waals surface area contributed by atoms with Gasteiger partial charge in [-0.2, -0.15) is 0 Å². The third-order valence-corrected chi connectivity index (χ3v) is 8.07. The van der Waals surface area contributed by atoms with Gasteiger partial charge in [0.2, 0.25) is 0 Å². The maximum absolute atomic E-state index is 6.49. The molecule has 0 saturated heterocycles. The maximum Gasteiger partial charge on any atom is 0.160 e. The summed E-state index contributed by atoms with van der Waals surface area (Å²) >= 11 is 0. The van der Waals surface area contributed by atoms with Crippen LogP contribution in [0.1, 0.15) is 11.1 Å². The van der Waals surface area contributed by atoms with Gasteiger partial charge in [0.1, 0.15) is 11.4 Å². The molecular weight excluding hydrogens is 514 g/mol. The first-order valence-corrected chi connectivity index (χ1v) is 14.1. The van der Waals surface area contributed by atoms with Gasteiger partial charge in [-0.25, -0.2) is 0 Å². The first kappa shape index (κ1) is 24.2. The summed E-state index contributed by atoms with van der Waals surface area (Å²) in [4.78, 5) is 4.63. The molecule has 0 spiro atoms. The van der Waals surface area contributed by atoms with Gasteiger partial charge in [0.25, 0.3) is 0 Å². The van der Waals surface area contributed by atoms with E-state index in [1.54, 1.807) is 0 Å². The highest BCUT2D eigenvalue weighted by Gasteiger charge is 2.18. The van der Waals surface area contributed by atoms with E-state index in [9.17, 15) is 0 Å². The van der Waals surface area contributed by atoms with Gasteiger partial charge in [-0.1, -0.05) is 103 Å². The van der Waals surface area contributed by atoms with Crippen LogP contribution >= 0.6 is 0 Å². The van der Waals surface area contributed by atoms with Crippen molar-refractivity contribution < 1.29 is 4.42 Å². The van der Waals surface area contributed by atoms with Crippen LogP contribution in [0.25, 0.3) is 60.6 Å². The number of furan rings is 1. The van der Waals surface area contributed by atoms with E-state index in [0.29, 0.717) is 12.4 Å². The molecule has 0 amide bonds. The second-order valence-corrected chi connectivity index (χ2v) is 10.6. The predicted molar refractivity (Wildman–Crippen MR) is 174 cm³/mol. The van der Waals surface area contributed by atoms with Crippen molar-refractivity contribution >= 4 is 49.6 Å². The Labute approximate surface area is 243 Å². The Bertz CT molecular complexity index is 2270. The number of benzene rings is 6. The number of para-hydroxylation sites is 2. The van der Waals surface area contributed by atoms with E-state index < -0.39 is 0 Å². The van der Waals surface area contributed by atoms with Crippen molar-refractivity contribution in [2.24, 2.45) is 10.7 Å². The number of aliphatic imine (C=N–C) groups is 1. The van der Waals surface area contributed by atoms with E-state index in [4.69, 9.17) is 10.2 Å². The Morgan fingerprint density at radius 3 is 2.21 bits per heavy atom. The van der Waals surface area contributed by atoms with Crippen LogP contribution in [-0.4, -0.2) is 10.4 Å². The SMILES string of the molecule is N/C(=N\Cc1ccccc1)c1cccc(-c2ccc(-n3c4ccccc4c4ccc5c6ccccc6oc5c43)cc2)c1. The Morgan fingerprint density at radius 1 is 0.619 bits per heavy atom. The lowest BCUT2D eigenvalue weighted by Gasteiger charge is -2.10. The Hall–Kier alpha value is -5.61. The molecule has 2 heterocycles. The van der Waals surface area contributed by atoms with Crippen LogP contribution in [0.2, 0.25) is 0 Å². The molecule has 0 aliphatic rings. The van der Waals surface area contributed by atoms with Gasteiger partial charge in [0, 0.05) is 32.8 Å². The van der Waals surface area contributed by atoms with Crippen molar-refractivity contribution in [3.05, 3.63) is 151 Å². The van der Waals surface area contributed by atoms with Crippen molar-refractivity contribution in [1.29, 1.82) is 0 Å². The Kier molecular flexibility index (Phi) is 5.64. The smallest absolute Gasteiger partial charge is 0.160 e. The fourth-order valence-corrected chi connectivity index (χ4v) is 6.01. The zero-order valence-corrected chi connectivity index (χ0v) is 22.9. The van der Waals surface area contributed by atoms with E-state index in [1.165, 1.54) is 10.8 Å². The fraction of sp³-hybridized carbons (Fsp3) is 0.0263. The van der Waals surface area contributed by atoms with Crippen molar-refractivity contribution in [3.8, 4) is 16.8 Å². The molecule has 42 heavy (non-hydrogen) atoms. The van der Waals surface area contributed by atoms with Crippen LogP contribution in [0.4, 0.5) is 0 Å². The quantitative estimate of drug-likeness (QED) is 0.174. The summed E-state index contributed by atoms with van der Waals surface area (Å²) in [7, 11) is 0. The van der Waals surface area contributed by atoms with Crippen LogP contribution in [0.5, 0.6) is 0 Å². The van der Waals surface area contributed by atoms with Crippen LogP contribution in [0, 0.1) is 0 Å². The molecule has 0 bridgehead atoms. The number of rotatable bonds is 5. The van der Waals surface area contributed by atoms with Gasteiger partial charge < -0.3 is 14.7 Å². The first-order valence-electron chi connectivity index (χ1n) is 14.1. The number of nitrogens with zero attached hydrogens (tertiary/aromatic N) is 2. The molecule has 0 radical (unpaired) electrons. The minimum Gasteiger partial charge on any atom is -0.454 e. The van der Waals surface area contributed by atoms with Gasteiger partial charge in [-0.3, -0.25) is 4.99 Å². The molecule has 2 aromatic heterocycles. The van der Waals surface area contributed by atoms with Crippen LogP contribution in [-0.2, 0) is 6.54 Å². The molecule has 0 fully saturated rings. The van der Waals surface area contributed by atoms with E-state index in [1.807, 2.05) is 42.5 Å². The molecule has 4 heteroatoms. The minimum atomic E-state index is 0.539. The summed E-state index contributed by atoms with van der Waals surface area (Å²) in [6.07, 6.45) is 0. The third kappa shape index (κ3) is 3.96. The van der Waals surface area contributed by atoms with Gasteiger partial charge in [0.05, 0.1) is 17.6 Å². The monoisotopic (exact) mass is 541 g/mol. The first-order chi connectivity index (χ1) is 20.7. The lowest BCUT2D eigenvalue weighted by atomic mass is 10.0. The Balaban J connectivity index is 1.21. The molecule has 0 unspecified atom stereocenters. The zero-order chi connectivity index (χ0) is 28.0. The fourth-order valence-electron chi connectivity index (χ4n) is 6.01. The molecule has 4 nitrogen and oxygen atoms in total. The average molecular weight is 542 g/mol. The molecule has 6 aromatic carbocycles. The normalized spacial score (nSPS) is 12.1. The van der Waals surface area contributed by atoms with Crippen molar-refractivity contribution in [3.63, 3.8) is 0 Å². The molecule has 0 aliphatic heterocycles. The topological polar surface area (TPSA) is 56.4 Å². The second kappa shape index (κ2) is 9.79. The van der Waals surface area contributed by atoms with Gasteiger partial charge >= 0.3 is 0 Å². The molecule has 0 aliphatic carbocycles. The zero-order valence-electron chi connectivity index (χ0n) is 22.9. The van der Waals surface area contributed by atoms with E-state index in [0.717, 1.165) is 60.9 Å². The van der Waals surface area contributed by atoms with Crippen LogP contribution in [0.15, 0.2) is 149 Å². The average Bonchev–Trinajstić information content (AvgIpc) is 3.60. The summed E-state index contributed by atoms with van der Waals surface area (Å²) in [5, 5.41) is 4.64. The summed E-state index contributed by atoms with van der Waals surface area (Å²) < 4.78 is 8.81. The number of nitrogens with two attached hydrogens (primary N) is 1. The summed E-state index contributed by atoms with van der Waals surface area (Å²) in [5.41, 5.74) is 15.8. The molecule has 2 N–H and O–H groups in total.